The topological polar surface area (TPSA) is 101 Å². The van der Waals surface area contributed by atoms with E-state index in [9.17, 15) is 18.0 Å². The smallest absolute Gasteiger partial charge is 0.299 e. The van der Waals surface area contributed by atoms with Crippen LogP contribution in [0.3, 0.4) is 0 Å². The number of hydrogen-bond donors (Lipinski definition) is 2. The van der Waals surface area contributed by atoms with Gasteiger partial charge in [0.1, 0.15) is 0 Å². The molecule has 0 bridgehead atoms. The number of hydrogen-bond acceptors (Lipinski definition) is 4. The molecule has 0 aliphatic rings. The van der Waals surface area contributed by atoms with Gasteiger partial charge in [-0.3, -0.25) is 14.3 Å². The summed E-state index contributed by atoms with van der Waals surface area (Å²) in [5, 5.41) is 0.379. The first kappa shape index (κ1) is 16.5. The zero-order valence-electron chi connectivity index (χ0n) is 11.5. The molecule has 2 aromatic rings. The molecule has 0 radical (unpaired) electrons. The molecule has 0 fully saturated rings. The molecule has 0 spiro atoms. The fraction of sp³-hybridized carbons (Fsp3) is 0.231. The molecule has 22 heavy (non-hydrogen) atoms. The first-order chi connectivity index (χ1) is 10.4. The van der Waals surface area contributed by atoms with Gasteiger partial charge in [0.05, 0.1) is 5.75 Å². The van der Waals surface area contributed by atoms with Crippen LogP contribution in [0.4, 0.5) is 0 Å². The molecule has 1 aromatic carbocycles. The highest BCUT2D eigenvalue weighted by atomic mass is 35.5. The number of rotatable bonds is 6. The minimum Gasteiger partial charge on any atom is -0.299 e. The minimum atomic E-state index is -3.57. The van der Waals surface area contributed by atoms with Crippen molar-refractivity contribution in [2.75, 3.05) is 6.54 Å². The fourth-order valence-corrected chi connectivity index (χ4v) is 3.26. The molecule has 7 nitrogen and oxygen atoms in total. The molecular weight excluding hydrogens is 330 g/mol. The number of H-pyrrole nitrogens is 1. The molecule has 9 heteroatoms. The standard InChI is InChI=1S/C13H14ClN3O4S/c14-11-4-2-1-3-10(11)9-22(20,21)15-6-8-17-7-5-12(18)16-13(17)19/h1-5,7,15H,6,8-9H2,(H,16,18,19). The van der Waals surface area contributed by atoms with Crippen LogP contribution in [0, 0.1) is 0 Å². The first-order valence-corrected chi connectivity index (χ1v) is 8.41. The van der Waals surface area contributed by atoms with Gasteiger partial charge in [-0.25, -0.2) is 17.9 Å². The summed E-state index contributed by atoms with van der Waals surface area (Å²) < 4.78 is 27.5. The Hall–Kier alpha value is -1.90. The number of sulfonamides is 1. The van der Waals surface area contributed by atoms with E-state index in [0.717, 1.165) is 0 Å². The maximum atomic E-state index is 12.0. The molecule has 0 aliphatic heterocycles. The Kier molecular flexibility index (Phi) is 5.17. The lowest BCUT2D eigenvalue weighted by Gasteiger charge is -2.09. The predicted molar refractivity (Wildman–Crippen MR) is 83.4 cm³/mol. The van der Waals surface area contributed by atoms with E-state index >= 15 is 0 Å². The Morgan fingerprint density at radius 3 is 2.59 bits per heavy atom. The van der Waals surface area contributed by atoms with Crippen molar-refractivity contribution in [2.24, 2.45) is 0 Å². The Morgan fingerprint density at radius 2 is 1.91 bits per heavy atom. The van der Waals surface area contributed by atoms with Crippen molar-refractivity contribution in [3.8, 4) is 0 Å². The summed E-state index contributed by atoms with van der Waals surface area (Å²) in [5.41, 5.74) is -0.587. The molecule has 1 heterocycles. The normalized spacial score (nSPS) is 11.5. The van der Waals surface area contributed by atoms with Crippen molar-refractivity contribution in [1.82, 2.24) is 14.3 Å². The van der Waals surface area contributed by atoms with Gasteiger partial charge in [-0.1, -0.05) is 29.8 Å². The lowest BCUT2D eigenvalue weighted by molar-refractivity contribution is 0.567. The Balaban J connectivity index is 1.97. The Morgan fingerprint density at radius 1 is 1.18 bits per heavy atom. The minimum absolute atomic E-state index is 0.0265. The van der Waals surface area contributed by atoms with Crippen LogP contribution in [0.2, 0.25) is 5.02 Å². The number of aromatic nitrogens is 2. The van der Waals surface area contributed by atoms with Crippen LogP contribution in [0.1, 0.15) is 5.56 Å². The second-order valence-electron chi connectivity index (χ2n) is 4.55. The van der Waals surface area contributed by atoms with Crippen LogP contribution in [0.5, 0.6) is 0 Å². The van der Waals surface area contributed by atoms with Gasteiger partial charge < -0.3 is 0 Å². The summed E-state index contributed by atoms with van der Waals surface area (Å²) in [6, 6.07) is 7.87. The van der Waals surface area contributed by atoms with Gasteiger partial charge in [-0.15, -0.1) is 0 Å². The van der Waals surface area contributed by atoms with E-state index in [-0.39, 0.29) is 18.8 Å². The molecule has 2 rings (SSSR count). The van der Waals surface area contributed by atoms with Crippen molar-refractivity contribution in [3.63, 3.8) is 0 Å². The summed E-state index contributed by atoms with van der Waals surface area (Å²) in [5.74, 6) is -0.243. The largest absolute Gasteiger partial charge is 0.328 e. The molecule has 1 aromatic heterocycles. The number of nitrogens with one attached hydrogen (secondary N) is 2. The van der Waals surface area contributed by atoms with E-state index in [1.54, 1.807) is 24.3 Å². The summed E-state index contributed by atoms with van der Waals surface area (Å²) in [6.45, 7) is 0.135. The lowest BCUT2D eigenvalue weighted by atomic mass is 10.2. The van der Waals surface area contributed by atoms with E-state index in [1.807, 2.05) is 0 Å². The zero-order chi connectivity index (χ0) is 16.2. The molecule has 0 aliphatic carbocycles. The number of aromatic amines is 1. The molecule has 118 valence electrons. The number of halogens is 1. The van der Waals surface area contributed by atoms with Crippen LogP contribution in [-0.4, -0.2) is 24.5 Å². The van der Waals surface area contributed by atoms with E-state index in [2.05, 4.69) is 9.71 Å². The van der Waals surface area contributed by atoms with Crippen molar-refractivity contribution >= 4 is 21.6 Å². The van der Waals surface area contributed by atoms with Crippen LogP contribution >= 0.6 is 11.6 Å². The predicted octanol–water partition coefficient (Wildman–Crippen LogP) is 0.310. The highest BCUT2D eigenvalue weighted by Gasteiger charge is 2.13. The molecule has 0 saturated heterocycles. The van der Waals surface area contributed by atoms with Crippen molar-refractivity contribution in [2.45, 2.75) is 12.3 Å². The quantitative estimate of drug-likeness (QED) is 0.788. The summed E-state index contributed by atoms with van der Waals surface area (Å²) in [4.78, 5) is 24.5. The molecule has 0 unspecified atom stereocenters. The monoisotopic (exact) mass is 343 g/mol. The maximum absolute atomic E-state index is 12.0. The van der Waals surface area contributed by atoms with Gasteiger partial charge in [-0.2, -0.15) is 0 Å². The molecule has 0 saturated carbocycles. The van der Waals surface area contributed by atoms with Crippen molar-refractivity contribution in [3.05, 3.63) is 68.0 Å². The molecule has 0 amide bonds. The average Bonchev–Trinajstić information content (AvgIpc) is 2.43. The van der Waals surface area contributed by atoms with Crippen LogP contribution in [-0.2, 0) is 22.3 Å². The van der Waals surface area contributed by atoms with Gasteiger partial charge in [0.15, 0.2) is 0 Å². The third kappa shape index (κ3) is 4.55. The number of benzene rings is 1. The van der Waals surface area contributed by atoms with Crippen molar-refractivity contribution < 1.29 is 8.42 Å². The van der Waals surface area contributed by atoms with Crippen LogP contribution in [0.15, 0.2) is 46.1 Å². The fourth-order valence-electron chi connectivity index (χ4n) is 1.81. The maximum Gasteiger partial charge on any atom is 0.328 e. The molecular formula is C13H14ClN3O4S. The Bertz CT molecular complexity index is 873. The van der Waals surface area contributed by atoms with Gasteiger partial charge in [-0.05, 0) is 11.6 Å². The van der Waals surface area contributed by atoms with Gasteiger partial charge in [0.2, 0.25) is 10.0 Å². The van der Waals surface area contributed by atoms with Crippen LogP contribution in [0.25, 0.3) is 0 Å². The Labute approximate surface area is 131 Å². The van der Waals surface area contributed by atoms with Crippen LogP contribution < -0.4 is 16.0 Å². The lowest BCUT2D eigenvalue weighted by Crippen LogP contribution is -2.34. The van der Waals surface area contributed by atoms with Gasteiger partial charge in [0.25, 0.3) is 5.56 Å². The second-order valence-corrected chi connectivity index (χ2v) is 6.76. The highest BCUT2D eigenvalue weighted by molar-refractivity contribution is 7.88. The van der Waals surface area contributed by atoms with Gasteiger partial charge >= 0.3 is 5.69 Å². The first-order valence-electron chi connectivity index (χ1n) is 6.38. The summed E-state index contributed by atoms with van der Waals surface area (Å²) in [6.07, 6.45) is 1.31. The van der Waals surface area contributed by atoms with E-state index < -0.39 is 21.3 Å². The molecule has 2 N–H and O–H groups in total. The van der Waals surface area contributed by atoms with Crippen molar-refractivity contribution in [1.29, 1.82) is 0 Å². The highest BCUT2D eigenvalue weighted by Crippen LogP contribution is 2.16. The summed E-state index contributed by atoms with van der Waals surface area (Å²) >= 11 is 5.92. The third-order valence-corrected chi connectivity index (χ3v) is 4.58. The number of nitrogens with zero attached hydrogens (tertiary/aromatic N) is 1. The van der Waals surface area contributed by atoms with E-state index in [4.69, 9.17) is 11.6 Å². The zero-order valence-corrected chi connectivity index (χ0v) is 13.0. The van der Waals surface area contributed by atoms with Gasteiger partial charge in [0, 0.05) is 30.4 Å². The third-order valence-electron chi connectivity index (χ3n) is 2.87. The SMILES string of the molecule is O=c1ccn(CCNS(=O)(=O)Cc2ccccc2Cl)c(=O)[nH]1. The summed E-state index contributed by atoms with van der Waals surface area (Å²) in [7, 11) is -3.57. The second kappa shape index (κ2) is 6.91. The van der Waals surface area contributed by atoms with E-state index in [0.29, 0.717) is 10.6 Å². The average molecular weight is 344 g/mol. The van der Waals surface area contributed by atoms with E-state index in [1.165, 1.54) is 16.8 Å². The molecule has 0 atom stereocenters.